The van der Waals surface area contributed by atoms with Crippen LogP contribution in [0.3, 0.4) is 0 Å². The summed E-state index contributed by atoms with van der Waals surface area (Å²) in [7, 11) is 0. The number of rotatable bonds is 5. The van der Waals surface area contributed by atoms with E-state index in [0.717, 1.165) is 31.2 Å². The second kappa shape index (κ2) is 8.17. The lowest BCUT2D eigenvalue weighted by Crippen LogP contribution is -2.45. The molecule has 0 aliphatic carbocycles. The van der Waals surface area contributed by atoms with Crippen LogP contribution in [0.2, 0.25) is 0 Å². The molecule has 0 aromatic heterocycles. The Morgan fingerprint density at radius 2 is 2.00 bits per heavy atom. The number of hydrogen-bond donors (Lipinski definition) is 2. The number of carbonyl (C=O) groups excluding carboxylic acids is 1. The summed E-state index contributed by atoms with van der Waals surface area (Å²) < 4.78 is 57.7. The molecule has 29 heavy (non-hydrogen) atoms. The van der Waals surface area contributed by atoms with Gasteiger partial charge in [0.2, 0.25) is 0 Å². The second-order valence-electron chi connectivity index (χ2n) is 6.11. The van der Waals surface area contributed by atoms with E-state index in [4.69, 9.17) is 16.6 Å². The number of halogens is 4. The molecule has 2 aromatic carbocycles. The first kappa shape index (κ1) is 21.7. The first-order chi connectivity index (χ1) is 13.5. The first-order valence-corrected chi connectivity index (χ1v) is 7.93. The minimum atomic E-state index is -4.80. The molecule has 0 unspecified atom stereocenters. The lowest BCUT2D eigenvalue weighted by molar-refractivity contribution is -0.137. The monoisotopic (exact) mass is 407 g/mol. The summed E-state index contributed by atoms with van der Waals surface area (Å²) in [5.41, 5.74) is -4.53. The van der Waals surface area contributed by atoms with E-state index >= 15 is 0 Å². The van der Waals surface area contributed by atoms with Gasteiger partial charge in [-0.3, -0.25) is 4.79 Å². The molecule has 150 valence electrons. The molecule has 10 heteroatoms. The van der Waals surface area contributed by atoms with Gasteiger partial charge in [-0.2, -0.15) is 18.4 Å². The summed E-state index contributed by atoms with van der Waals surface area (Å²) in [6.45, 7) is 7.20. The van der Waals surface area contributed by atoms with Gasteiger partial charge in [0, 0.05) is 11.8 Å². The predicted molar refractivity (Wildman–Crippen MR) is 93.6 cm³/mol. The SMILES string of the molecule is [C-]#[N+]c1ccc(NC(=O)[C@@](C)(O)COc2ccc(C#N)c(F)c2)cc1C(F)(F)F. The fourth-order valence-electron chi connectivity index (χ4n) is 2.17. The highest BCUT2D eigenvalue weighted by atomic mass is 19.4. The Labute approximate surface area is 162 Å². The Hall–Kier alpha value is -3.63. The molecular formula is C19H13F4N3O3. The van der Waals surface area contributed by atoms with Crippen molar-refractivity contribution < 1.29 is 32.2 Å². The molecule has 2 rings (SSSR count). The van der Waals surface area contributed by atoms with Crippen molar-refractivity contribution >= 4 is 17.3 Å². The molecule has 0 spiro atoms. The van der Waals surface area contributed by atoms with Crippen molar-refractivity contribution in [3.8, 4) is 11.8 Å². The van der Waals surface area contributed by atoms with Crippen molar-refractivity contribution in [1.29, 1.82) is 5.26 Å². The van der Waals surface area contributed by atoms with Crippen LogP contribution in [0, 0.1) is 23.7 Å². The Morgan fingerprint density at radius 3 is 2.55 bits per heavy atom. The number of carbonyl (C=O) groups is 1. The lowest BCUT2D eigenvalue weighted by Gasteiger charge is -2.23. The summed E-state index contributed by atoms with van der Waals surface area (Å²) in [5.74, 6) is -1.99. The lowest BCUT2D eigenvalue weighted by atomic mass is 10.1. The Kier molecular flexibility index (Phi) is 6.10. The zero-order chi connectivity index (χ0) is 21.8. The molecule has 0 aliphatic rings. The van der Waals surface area contributed by atoms with Crippen molar-refractivity contribution in [1.82, 2.24) is 0 Å². The third-order valence-electron chi connectivity index (χ3n) is 3.75. The third kappa shape index (κ3) is 5.21. The highest BCUT2D eigenvalue weighted by Crippen LogP contribution is 2.38. The molecular weight excluding hydrogens is 394 g/mol. The number of alkyl halides is 3. The molecule has 0 saturated heterocycles. The molecule has 0 saturated carbocycles. The van der Waals surface area contributed by atoms with Gasteiger partial charge in [-0.15, -0.1) is 0 Å². The van der Waals surface area contributed by atoms with Crippen LogP contribution < -0.4 is 10.1 Å². The standard InChI is InChI=1S/C19H13F4N3O3/c1-18(28,10-29-13-5-3-11(9-24)15(20)8-13)17(27)26-12-4-6-16(25-2)14(7-12)19(21,22)23/h3-8,28H,10H2,1H3,(H,26,27)/t18-/m0/s1. The van der Waals surface area contributed by atoms with Gasteiger partial charge in [-0.1, -0.05) is 6.07 Å². The van der Waals surface area contributed by atoms with E-state index in [1.807, 2.05) is 0 Å². The second-order valence-corrected chi connectivity index (χ2v) is 6.11. The first-order valence-electron chi connectivity index (χ1n) is 7.93. The van der Waals surface area contributed by atoms with Gasteiger partial charge >= 0.3 is 6.18 Å². The Morgan fingerprint density at radius 1 is 1.31 bits per heavy atom. The van der Waals surface area contributed by atoms with E-state index in [0.29, 0.717) is 6.07 Å². The third-order valence-corrected chi connectivity index (χ3v) is 3.75. The maximum Gasteiger partial charge on any atom is 0.407 e. The van der Waals surface area contributed by atoms with Gasteiger partial charge in [0.1, 0.15) is 24.2 Å². The molecule has 0 heterocycles. The minimum Gasteiger partial charge on any atom is -0.490 e. The summed E-state index contributed by atoms with van der Waals surface area (Å²) in [4.78, 5) is 15.0. The number of hydrogen-bond acceptors (Lipinski definition) is 4. The highest BCUT2D eigenvalue weighted by Gasteiger charge is 2.35. The number of nitrogens with one attached hydrogen (secondary N) is 1. The Bertz CT molecular complexity index is 1020. The van der Waals surface area contributed by atoms with Gasteiger partial charge in [0.15, 0.2) is 11.3 Å². The van der Waals surface area contributed by atoms with E-state index in [1.165, 1.54) is 6.07 Å². The van der Waals surface area contributed by atoms with Crippen LogP contribution in [0.5, 0.6) is 5.75 Å². The predicted octanol–water partition coefficient (Wildman–Crippen LogP) is 4.04. The van der Waals surface area contributed by atoms with Crippen molar-refractivity contribution in [2.75, 3.05) is 11.9 Å². The van der Waals surface area contributed by atoms with Crippen molar-refractivity contribution in [2.45, 2.75) is 18.7 Å². The number of nitrogens with zero attached hydrogens (tertiary/aromatic N) is 2. The molecule has 0 aliphatic heterocycles. The maximum absolute atomic E-state index is 13.6. The van der Waals surface area contributed by atoms with Gasteiger partial charge in [0.05, 0.1) is 17.7 Å². The van der Waals surface area contributed by atoms with Crippen LogP contribution in [-0.2, 0) is 11.0 Å². The van der Waals surface area contributed by atoms with E-state index in [-0.39, 0.29) is 17.0 Å². The number of amides is 1. The fraction of sp³-hybridized carbons (Fsp3) is 0.211. The van der Waals surface area contributed by atoms with Gasteiger partial charge in [-0.25, -0.2) is 9.24 Å². The molecule has 2 aromatic rings. The normalized spacial score (nSPS) is 13.0. The van der Waals surface area contributed by atoms with Crippen LogP contribution in [-0.4, -0.2) is 23.2 Å². The minimum absolute atomic E-state index is 0.0599. The van der Waals surface area contributed by atoms with Crippen molar-refractivity contribution in [2.24, 2.45) is 0 Å². The maximum atomic E-state index is 13.6. The number of ether oxygens (including phenoxy) is 1. The van der Waals surface area contributed by atoms with Gasteiger partial charge in [0.25, 0.3) is 5.91 Å². The molecule has 1 atom stereocenters. The van der Waals surface area contributed by atoms with E-state index in [9.17, 15) is 27.5 Å². The van der Waals surface area contributed by atoms with Crippen LogP contribution >= 0.6 is 0 Å². The number of nitriles is 1. The highest BCUT2D eigenvalue weighted by molar-refractivity contribution is 5.97. The molecule has 0 radical (unpaired) electrons. The molecule has 0 bridgehead atoms. The fourth-order valence-corrected chi connectivity index (χ4v) is 2.17. The molecule has 0 fully saturated rings. The number of benzene rings is 2. The van der Waals surface area contributed by atoms with Crippen LogP contribution in [0.1, 0.15) is 18.1 Å². The molecule has 2 N–H and O–H groups in total. The number of anilines is 1. The zero-order valence-corrected chi connectivity index (χ0v) is 14.8. The smallest absolute Gasteiger partial charge is 0.407 e. The average molecular weight is 407 g/mol. The summed E-state index contributed by atoms with van der Waals surface area (Å²) in [5, 5.41) is 21.0. The van der Waals surface area contributed by atoms with E-state index in [1.54, 1.807) is 6.07 Å². The summed E-state index contributed by atoms with van der Waals surface area (Å²) >= 11 is 0. The number of aliphatic hydroxyl groups is 1. The topological polar surface area (TPSA) is 86.7 Å². The summed E-state index contributed by atoms with van der Waals surface area (Å²) in [6.07, 6.45) is -4.80. The zero-order valence-electron chi connectivity index (χ0n) is 14.8. The molecule has 1 amide bonds. The van der Waals surface area contributed by atoms with Crippen LogP contribution in [0.4, 0.5) is 28.9 Å². The van der Waals surface area contributed by atoms with Crippen molar-refractivity contribution in [3.63, 3.8) is 0 Å². The van der Waals surface area contributed by atoms with E-state index < -0.39 is 41.4 Å². The quantitative estimate of drug-likeness (QED) is 0.579. The average Bonchev–Trinajstić information content (AvgIpc) is 2.65. The summed E-state index contributed by atoms with van der Waals surface area (Å²) in [6, 6.07) is 7.49. The van der Waals surface area contributed by atoms with Gasteiger partial charge in [-0.05, 0) is 31.2 Å². The van der Waals surface area contributed by atoms with Crippen LogP contribution in [0.15, 0.2) is 36.4 Å². The van der Waals surface area contributed by atoms with Gasteiger partial charge < -0.3 is 15.2 Å². The van der Waals surface area contributed by atoms with Crippen LogP contribution in [0.25, 0.3) is 4.85 Å². The Balaban J connectivity index is 2.12. The van der Waals surface area contributed by atoms with Crippen molar-refractivity contribution in [3.05, 3.63) is 64.8 Å². The largest absolute Gasteiger partial charge is 0.490 e. The van der Waals surface area contributed by atoms with E-state index in [2.05, 4.69) is 10.2 Å². The molecule has 6 nitrogen and oxygen atoms in total.